The summed E-state index contributed by atoms with van der Waals surface area (Å²) in [5.74, 6) is 1.11. The van der Waals surface area contributed by atoms with Crippen molar-refractivity contribution in [3.8, 4) is 28.0 Å². The van der Waals surface area contributed by atoms with Crippen LogP contribution < -0.4 is 5.32 Å². The zero-order valence-electron chi connectivity index (χ0n) is 16.4. The fraction of sp³-hybridized carbons (Fsp3) is 0.0435. The number of thiophene rings is 1. The highest BCUT2D eigenvalue weighted by atomic mass is 32.2. The lowest BCUT2D eigenvalue weighted by Crippen LogP contribution is -2.11. The zero-order valence-corrected chi connectivity index (χ0v) is 19.7. The van der Waals surface area contributed by atoms with E-state index in [2.05, 4.69) is 16.4 Å². The van der Waals surface area contributed by atoms with Gasteiger partial charge in [0.15, 0.2) is 5.13 Å². The van der Waals surface area contributed by atoms with Gasteiger partial charge in [0.1, 0.15) is 16.9 Å². The van der Waals surface area contributed by atoms with Gasteiger partial charge in [0, 0.05) is 5.56 Å². The molecular weight excluding hydrogens is 477 g/mol. The monoisotopic (exact) mass is 490 g/mol. The number of aromatic nitrogens is 2. The van der Waals surface area contributed by atoms with Crippen molar-refractivity contribution in [3.63, 3.8) is 0 Å². The Hall–Kier alpha value is -3.03. The number of thioether (sulfide) groups is 1. The van der Waals surface area contributed by atoms with Crippen molar-refractivity contribution in [3.05, 3.63) is 71.8 Å². The van der Waals surface area contributed by atoms with Crippen LogP contribution in [0.5, 0.6) is 0 Å². The van der Waals surface area contributed by atoms with E-state index in [-0.39, 0.29) is 0 Å². The van der Waals surface area contributed by atoms with Gasteiger partial charge >= 0.3 is 0 Å². The summed E-state index contributed by atoms with van der Waals surface area (Å²) in [5, 5.41) is 16.5. The first-order chi connectivity index (χ1) is 15.7. The van der Waals surface area contributed by atoms with Crippen LogP contribution in [0.1, 0.15) is 5.56 Å². The van der Waals surface area contributed by atoms with Crippen molar-refractivity contribution < 1.29 is 4.42 Å². The number of hydrogen-bond acceptors (Lipinski definition) is 8. The van der Waals surface area contributed by atoms with Gasteiger partial charge in [0.05, 0.1) is 43.4 Å². The SMILES string of the molecule is N#Cc1c(-c2ccco2)cc(-c2cccs2)nc1SCC(=S)Nc1nc2ccccc2s1. The molecule has 156 valence electrons. The molecule has 0 bridgehead atoms. The fourth-order valence-corrected chi connectivity index (χ4v) is 5.84. The Balaban J connectivity index is 1.42. The number of furan rings is 1. The summed E-state index contributed by atoms with van der Waals surface area (Å²) in [6, 6.07) is 19.8. The first-order valence-electron chi connectivity index (χ1n) is 9.52. The third-order valence-electron chi connectivity index (χ3n) is 4.54. The van der Waals surface area contributed by atoms with Crippen molar-refractivity contribution in [1.82, 2.24) is 9.97 Å². The highest BCUT2D eigenvalue weighted by Crippen LogP contribution is 2.36. The number of pyridine rings is 1. The Kier molecular flexibility index (Phi) is 6.01. The first kappa shape index (κ1) is 20.8. The molecule has 1 aromatic carbocycles. The maximum atomic E-state index is 9.90. The quantitative estimate of drug-likeness (QED) is 0.201. The van der Waals surface area contributed by atoms with Gasteiger partial charge in [0.25, 0.3) is 0 Å². The molecule has 0 spiro atoms. The maximum Gasteiger partial charge on any atom is 0.188 e. The topological polar surface area (TPSA) is 74.7 Å². The number of nitrogens with zero attached hydrogens (tertiary/aromatic N) is 3. The molecule has 0 amide bonds. The minimum absolute atomic E-state index is 0.471. The van der Waals surface area contributed by atoms with E-state index >= 15 is 0 Å². The molecule has 5 aromatic rings. The van der Waals surface area contributed by atoms with Crippen molar-refractivity contribution in [2.75, 3.05) is 11.1 Å². The van der Waals surface area contributed by atoms with E-state index in [1.54, 1.807) is 28.9 Å². The lowest BCUT2D eigenvalue weighted by molar-refractivity contribution is 0.582. The highest BCUT2D eigenvalue weighted by Gasteiger charge is 2.18. The number of nitriles is 1. The van der Waals surface area contributed by atoms with Crippen LogP contribution in [0.25, 0.3) is 32.1 Å². The molecule has 1 N–H and O–H groups in total. The number of anilines is 1. The summed E-state index contributed by atoms with van der Waals surface area (Å²) in [4.78, 5) is 11.0. The van der Waals surface area contributed by atoms with Crippen LogP contribution in [-0.4, -0.2) is 20.7 Å². The van der Waals surface area contributed by atoms with Gasteiger partial charge < -0.3 is 9.73 Å². The molecule has 0 fully saturated rings. The summed E-state index contributed by atoms with van der Waals surface area (Å²) in [7, 11) is 0. The van der Waals surface area contributed by atoms with Gasteiger partial charge in [-0.3, -0.25) is 0 Å². The molecule has 32 heavy (non-hydrogen) atoms. The molecule has 9 heteroatoms. The molecule has 4 heterocycles. The molecule has 0 aliphatic carbocycles. The number of para-hydroxylation sites is 1. The second-order valence-electron chi connectivity index (χ2n) is 6.63. The summed E-state index contributed by atoms with van der Waals surface area (Å²) in [5.41, 5.74) is 2.95. The average Bonchev–Trinajstić information content (AvgIpc) is 3.58. The van der Waals surface area contributed by atoms with E-state index in [0.29, 0.717) is 27.1 Å². The second kappa shape index (κ2) is 9.22. The third kappa shape index (κ3) is 4.31. The van der Waals surface area contributed by atoms with Crippen LogP contribution in [0.15, 0.2) is 75.7 Å². The molecular formula is C23H14N4OS4. The van der Waals surface area contributed by atoms with Crippen LogP contribution in [0, 0.1) is 11.3 Å². The van der Waals surface area contributed by atoms with Gasteiger partial charge in [-0.15, -0.1) is 11.3 Å². The predicted octanol–water partition coefficient (Wildman–Crippen LogP) is 7.08. The van der Waals surface area contributed by atoms with Gasteiger partial charge in [-0.05, 0) is 41.8 Å². The van der Waals surface area contributed by atoms with Crippen LogP contribution in [0.2, 0.25) is 0 Å². The minimum atomic E-state index is 0.471. The Morgan fingerprint density at radius 1 is 1.16 bits per heavy atom. The van der Waals surface area contributed by atoms with Crippen LogP contribution in [0.4, 0.5) is 5.13 Å². The number of benzene rings is 1. The van der Waals surface area contributed by atoms with E-state index in [0.717, 1.165) is 31.5 Å². The van der Waals surface area contributed by atoms with Crippen molar-refractivity contribution in [1.29, 1.82) is 5.26 Å². The van der Waals surface area contributed by atoms with E-state index in [4.69, 9.17) is 21.6 Å². The van der Waals surface area contributed by atoms with E-state index < -0.39 is 0 Å². The van der Waals surface area contributed by atoms with Crippen LogP contribution in [0.3, 0.4) is 0 Å². The molecule has 5 nitrogen and oxygen atoms in total. The Labute approximate surface area is 201 Å². The third-order valence-corrected chi connectivity index (χ3v) is 7.81. The molecule has 0 aliphatic heterocycles. The average molecular weight is 491 g/mol. The maximum absolute atomic E-state index is 9.90. The number of rotatable bonds is 6. The van der Waals surface area contributed by atoms with Crippen molar-refractivity contribution in [2.24, 2.45) is 0 Å². The van der Waals surface area contributed by atoms with Gasteiger partial charge in [-0.1, -0.05) is 53.5 Å². The summed E-state index contributed by atoms with van der Waals surface area (Å²) < 4.78 is 6.70. The largest absolute Gasteiger partial charge is 0.464 e. The highest BCUT2D eigenvalue weighted by molar-refractivity contribution is 8.01. The van der Waals surface area contributed by atoms with E-state index in [1.165, 1.54) is 11.8 Å². The van der Waals surface area contributed by atoms with Crippen LogP contribution >= 0.6 is 46.7 Å². The summed E-state index contributed by atoms with van der Waals surface area (Å²) in [6.07, 6.45) is 1.60. The summed E-state index contributed by atoms with van der Waals surface area (Å²) >= 11 is 10.1. The van der Waals surface area contributed by atoms with Crippen LogP contribution in [-0.2, 0) is 0 Å². The normalized spacial score (nSPS) is 10.8. The number of thiazole rings is 1. The van der Waals surface area contributed by atoms with Gasteiger partial charge in [-0.25, -0.2) is 9.97 Å². The van der Waals surface area contributed by atoms with E-state index in [1.807, 2.05) is 60.0 Å². The molecule has 0 saturated carbocycles. The van der Waals surface area contributed by atoms with E-state index in [9.17, 15) is 5.26 Å². The summed E-state index contributed by atoms with van der Waals surface area (Å²) in [6.45, 7) is 0. The Morgan fingerprint density at radius 3 is 2.81 bits per heavy atom. The number of fused-ring (bicyclic) bond motifs is 1. The van der Waals surface area contributed by atoms with Crippen molar-refractivity contribution >= 4 is 67.0 Å². The molecule has 5 rings (SSSR count). The lowest BCUT2D eigenvalue weighted by Gasteiger charge is -2.10. The molecule has 0 unspecified atom stereocenters. The lowest BCUT2D eigenvalue weighted by atomic mass is 10.1. The fourth-order valence-electron chi connectivity index (χ4n) is 3.13. The standard InChI is InChI=1S/C23H14N4OS4/c24-12-15-14(18-6-3-9-28-18)11-17(19-8-4-10-30-19)25-22(15)31-13-21(29)27-23-26-16-5-1-2-7-20(16)32-23/h1-11H,13H2,(H,26,27,29). The smallest absolute Gasteiger partial charge is 0.188 e. The number of thiocarbonyl (C=S) groups is 1. The molecule has 0 saturated heterocycles. The zero-order chi connectivity index (χ0) is 21.9. The molecule has 0 aliphatic rings. The minimum Gasteiger partial charge on any atom is -0.464 e. The second-order valence-corrected chi connectivity index (χ2v) is 10.1. The Bertz CT molecular complexity index is 1400. The van der Waals surface area contributed by atoms with Crippen molar-refractivity contribution in [2.45, 2.75) is 5.03 Å². The molecule has 0 radical (unpaired) electrons. The number of nitrogens with one attached hydrogen (secondary N) is 1. The number of hydrogen-bond donors (Lipinski definition) is 1. The van der Waals surface area contributed by atoms with Gasteiger partial charge in [-0.2, -0.15) is 5.26 Å². The molecule has 0 atom stereocenters. The Morgan fingerprint density at radius 2 is 2.06 bits per heavy atom. The van der Waals surface area contributed by atoms with Gasteiger partial charge in [0.2, 0.25) is 0 Å². The predicted molar refractivity (Wildman–Crippen MR) is 137 cm³/mol. The first-order valence-corrected chi connectivity index (χ1v) is 12.6. The molecule has 4 aromatic heterocycles.